The topological polar surface area (TPSA) is 66.4 Å². The van der Waals surface area contributed by atoms with Gasteiger partial charge in [0.25, 0.3) is 0 Å². The number of benzene rings is 1. The summed E-state index contributed by atoms with van der Waals surface area (Å²) < 4.78 is 0. The summed E-state index contributed by atoms with van der Waals surface area (Å²) in [5.41, 5.74) is 1.99. The summed E-state index contributed by atoms with van der Waals surface area (Å²) in [6.45, 7) is 0. The molecule has 2 rings (SSSR count). The number of carbonyl (C=O) groups is 2. The lowest BCUT2D eigenvalue weighted by Crippen LogP contribution is -2.42. The molecular weight excluding hydrogens is 286 g/mol. The number of rotatable bonds is 7. The highest BCUT2D eigenvalue weighted by Gasteiger charge is 2.20. The number of hydrogen-bond acceptors (Lipinski definition) is 3. The summed E-state index contributed by atoms with van der Waals surface area (Å²) in [5.74, 6) is -1.24. The van der Waals surface area contributed by atoms with E-state index >= 15 is 0 Å². The first-order valence-corrected chi connectivity index (χ1v) is 7.66. The van der Waals surface area contributed by atoms with Crippen LogP contribution in [0.2, 0.25) is 0 Å². The normalized spacial score (nSPS) is 11.8. The molecule has 0 saturated carbocycles. The number of hydrogen-bond donors (Lipinski definition) is 2. The molecule has 0 bridgehead atoms. The molecule has 1 heterocycles. The zero-order valence-electron chi connectivity index (χ0n) is 11.5. The Hall–Kier alpha value is -2.14. The second-order valence-corrected chi connectivity index (χ2v) is 5.56. The van der Waals surface area contributed by atoms with E-state index in [2.05, 4.69) is 5.32 Å². The number of aryl methyl sites for hydroxylation is 1. The molecule has 5 heteroatoms. The van der Waals surface area contributed by atoms with Crippen LogP contribution in [0.3, 0.4) is 0 Å². The first kappa shape index (κ1) is 15.3. The van der Waals surface area contributed by atoms with Gasteiger partial charge in [-0.3, -0.25) is 4.79 Å². The molecule has 1 aromatic heterocycles. The van der Waals surface area contributed by atoms with Crippen LogP contribution in [0.4, 0.5) is 0 Å². The minimum atomic E-state index is -1.01. The van der Waals surface area contributed by atoms with Gasteiger partial charge in [0.15, 0.2) is 0 Å². The van der Waals surface area contributed by atoms with E-state index in [4.69, 9.17) is 0 Å². The van der Waals surface area contributed by atoms with Gasteiger partial charge in [0, 0.05) is 12.8 Å². The van der Waals surface area contributed by atoms with Crippen molar-refractivity contribution in [1.29, 1.82) is 0 Å². The second kappa shape index (κ2) is 7.59. The number of aliphatic carboxylic acids is 1. The smallest absolute Gasteiger partial charge is 0.326 e. The van der Waals surface area contributed by atoms with Gasteiger partial charge in [-0.15, -0.1) is 0 Å². The van der Waals surface area contributed by atoms with Gasteiger partial charge < -0.3 is 10.4 Å². The molecule has 0 saturated heterocycles. The van der Waals surface area contributed by atoms with Crippen LogP contribution < -0.4 is 5.32 Å². The van der Waals surface area contributed by atoms with Crippen LogP contribution in [-0.2, 0) is 22.4 Å². The van der Waals surface area contributed by atoms with E-state index in [0.29, 0.717) is 19.3 Å². The monoisotopic (exact) mass is 303 g/mol. The lowest BCUT2D eigenvalue weighted by molar-refractivity contribution is -0.141. The van der Waals surface area contributed by atoms with Crippen molar-refractivity contribution in [2.45, 2.75) is 25.3 Å². The molecule has 0 fully saturated rings. The zero-order valence-corrected chi connectivity index (χ0v) is 12.3. The molecule has 0 aliphatic rings. The third-order valence-electron chi connectivity index (χ3n) is 3.14. The minimum absolute atomic E-state index is 0.232. The number of thiophene rings is 1. The third kappa shape index (κ3) is 5.04. The van der Waals surface area contributed by atoms with Crippen LogP contribution in [0.5, 0.6) is 0 Å². The molecule has 1 aromatic carbocycles. The molecule has 2 aromatic rings. The molecule has 0 spiro atoms. The van der Waals surface area contributed by atoms with Crippen molar-refractivity contribution in [1.82, 2.24) is 5.32 Å². The standard InChI is InChI=1S/C16H17NO3S/c18-15(7-6-13-8-9-21-11-13)17-14(16(19)20)10-12-4-2-1-3-5-12/h1-5,8-9,11,14H,6-7,10H2,(H,17,18)(H,19,20)/t14-/m0/s1. The highest BCUT2D eigenvalue weighted by molar-refractivity contribution is 7.07. The lowest BCUT2D eigenvalue weighted by atomic mass is 10.1. The number of nitrogens with one attached hydrogen (secondary N) is 1. The summed E-state index contributed by atoms with van der Waals surface area (Å²) in [7, 11) is 0. The molecule has 110 valence electrons. The van der Waals surface area contributed by atoms with E-state index in [-0.39, 0.29) is 5.91 Å². The Balaban J connectivity index is 1.87. The fourth-order valence-corrected chi connectivity index (χ4v) is 2.71. The highest BCUT2D eigenvalue weighted by Crippen LogP contribution is 2.09. The van der Waals surface area contributed by atoms with Crippen LogP contribution in [-0.4, -0.2) is 23.0 Å². The first-order valence-electron chi connectivity index (χ1n) is 6.72. The van der Waals surface area contributed by atoms with E-state index in [1.54, 1.807) is 11.3 Å². The fourth-order valence-electron chi connectivity index (χ4n) is 2.01. The molecule has 0 unspecified atom stereocenters. The number of carbonyl (C=O) groups excluding carboxylic acids is 1. The maximum atomic E-state index is 11.9. The summed E-state index contributed by atoms with van der Waals surface area (Å²) in [6, 6.07) is 10.4. The van der Waals surface area contributed by atoms with E-state index in [0.717, 1.165) is 11.1 Å². The van der Waals surface area contributed by atoms with Crippen molar-refractivity contribution in [2.24, 2.45) is 0 Å². The number of carboxylic acid groups (broad SMARTS) is 1. The molecule has 0 radical (unpaired) electrons. The predicted molar refractivity (Wildman–Crippen MR) is 82.4 cm³/mol. The van der Waals surface area contributed by atoms with E-state index in [9.17, 15) is 14.7 Å². The van der Waals surface area contributed by atoms with Crippen LogP contribution in [0.15, 0.2) is 47.2 Å². The van der Waals surface area contributed by atoms with Gasteiger partial charge in [-0.1, -0.05) is 30.3 Å². The zero-order chi connectivity index (χ0) is 15.1. The van der Waals surface area contributed by atoms with E-state index in [1.165, 1.54) is 0 Å². The number of carboxylic acids is 1. The van der Waals surface area contributed by atoms with Gasteiger partial charge in [-0.2, -0.15) is 11.3 Å². The average molecular weight is 303 g/mol. The molecule has 21 heavy (non-hydrogen) atoms. The van der Waals surface area contributed by atoms with Crippen molar-refractivity contribution in [3.8, 4) is 0 Å². The van der Waals surface area contributed by atoms with Crippen molar-refractivity contribution in [3.05, 3.63) is 58.3 Å². The molecular formula is C16H17NO3S. The van der Waals surface area contributed by atoms with Gasteiger partial charge in [-0.25, -0.2) is 4.79 Å². The van der Waals surface area contributed by atoms with Gasteiger partial charge in [0.1, 0.15) is 6.04 Å². The molecule has 2 N–H and O–H groups in total. The summed E-state index contributed by atoms with van der Waals surface area (Å²) >= 11 is 1.59. The van der Waals surface area contributed by atoms with Gasteiger partial charge in [0.2, 0.25) is 5.91 Å². The van der Waals surface area contributed by atoms with Crippen molar-refractivity contribution < 1.29 is 14.7 Å². The fraction of sp³-hybridized carbons (Fsp3) is 0.250. The average Bonchev–Trinajstić information content (AvgIpc) is 2.99. The van der Waals surface area contributed by atoms with Crippen LogP contribution in [0.25, 0.3) is 0 Å². The summed E-state index contributed by atoms with van der Waals surface area (Å²) in [4.78, 5) is 23.1. The summed E-state index contributed by atoms with van der Waals surface area (Å²) in [6.07, 6.45) is 1.22. The Morgan fingerprint density at radius 2 is 1.90 bits per heavy atom. The van der Waals surface area contributed by atoms with Crippen LogP contribution in [0.1, 0.15) is 17.5 Å². The van der Waals surface area contributed by atoms with E-state index in [1.807, 2.05) is 47.2 Å². The Bertz CT molecular complexity index is 581. The Morgan fingerprint density at radius 1 is 1.14 bits per heavy atom. The second-order valence-electron chi connectivity index (χ2n) is 4.78. The Labute approximate surface area is 127 Å². The highest BCUT2D eigenvalue weighted by atomic mass is 32.1. The van der Waals surface area contributed by atoms with Gasteiger partial charge >= 0.3 is 5.97 Å². The number of amides is 1. The van der Waals surface area contributed by atoms with Crippen LogP contribution in [0, 0.1) is 0 Å². The molecule has 4 nitrogen and oxygen atoms in total. The quantitative estimate of drug-likeness (QED) is 0.826. The molecule has 1 atom stereocenters. The largest absolute Gasteiger partial charge is 0.480 e. The predicted octanol–water partition coefficient (Wildman–Crippen LogP) is 2.49. The third-order valence-corrected chi connectivity index (χ3v) is 3.87. The minimum Gasteiger partial charge on any atom is -0.480 e. The summed E-state index contributed by atoms with van der Waals surface area (Å²) in [5, 5.41) is 15.8. The first-order chi connectivity index (χ1) is 10.1. The molecule has 0 aliphatic carbocycles. The maximum absolute atomic E-state index is 11.9. The maximum Gasteiger partial charge on any atom is 0.326 e. The molecule has 0 aliphatic heterocycles. The van der Waals surface area contributed by atoms with Crippen molar-refractivity contribution in [2.75, 3.05) is 0 Å². The Morgan fingerprint density at radius 3 is 2.52 bits per heavy atom. The Kier molecular flexibility index (Phi) is 5.51. The molecule has 1 amide bonds. The van der Waals surface area contributed by atoms with Crippen molar-refractivity contribution in [3.63, 3.8) is 0 Å². The van der Waals surface area contributed by atoms with Gasteiger partial charge in [-0.05, 0) is 34.4 Å². The van der Waals surface area contributed by atoms with Gasteiger partial charge in [0.05, 0.1) is 0 Å². The SMILES string of the molecule is O=C(CCc1ccsc1)N[C@@H](Cc1ccccc1)C(=O)O. The lowest BCUT2D eigenvalue weighted by Gasteiger charge is -2.14. The van der Waals surface area contributed by atoms with E-state index < -0.39 is 12.0 Å². The van der Waals surface area contributed by atoms with Crippen molar-refractivity contribution >= 4 is 23.2 Å². The van der Waals surface area contributed by atoms with Crippen LogP contribution >= 0.6 is 11.3 Å².